The van der Waals surface area contributed by atoms with E-state index < -0.39 is 11.9 Å². The zero-order valence-corrected chi connectivity index (χ0v) is 10.3. The summed E-state index contributed by atoms with van der Waals surface area (Å²) in [6, 6.07) is 6.24. The Morgan fingerprint density at radius 2 is 2.21 bits per heavy atom. The minimum absolute atomic E-state index is 0.139. The molecule has 0 spiro atoms. The molecule has 1 amide bonds. The average molecular weight is 260 g/mol. The summed E-state index contributed by atoms with van der Waals surface area (Å²) in [6.45, 7) is 1.95. The van der Waals surface area contributed by atoms with Gasteiger partial charge in [-0.3, -0.25) is 4.79 Å². The van der Waals surface area contributed by atoms with E-state index >= 15 is 0 Å². The summed E-state index contributed by atoms with van der Waals surface area (Å²) in [5.41, 5.74) is 0.198. The normalized spacial score (nSPS) is 9.95. The van der Waals surface area contributed by atoms with Gasteiger partial charge in [0.05, 0.1) is 12.9 Å². The molecule has 2 heterocycles. The van der Waals surface area contributed by atoms with Crippen molar-refractivity contribution in [3.63, 3.8) is 0 Å². The van der Waals surface area contributed by atoms with E-state index in [4.69, 9.17) is 9.15 Å². The van der Waals surface area contributed by atoms with Crippen molar-refractivity contribution >= 4 is 17.7 Å². The summed E-state index contributed by atoms with van der Waals surface area (Å²) in [7, 11) is 0. The number of anilines is 1. The first-order valence-corrected chi connectivity index (χ1v) is 5.69. The van der Waals surface area contributed by atoms with Crippen molar-refractivity contribution in [2.45, 2.75) is 6.92 Å². The number of hydrogen-bond donors (Lipinski definition) is 1. The van der Waals surface area contributed by atoms with Gasteiger partial charge in [0.25, 0.3) is 5.91 Å². The number of aromatic nitrogens is 1. The second-order valence-corrected chi connectivity index (χ2v) is 3.55. The largest absolute Gasteiger partial charge is 0.462 e. The van der Waals surface area contributed by atoms with Gasteiger partial charge in [0, 0.05) is 6.20 Å². The number of esters is 1. The van der Waals surface area contributed by atoms with Gasteiger partial charge in [0.1, 0.15) is 11.4 Å². The molecule has 2 aromatic heterocycles. The molecule has 0 aliphatic heterocycles. The molecule has 0 aliphatic carbocycles. The summed E-state index contributed by atoms with van der Waals surface area (Å²) in [6.07, 6.45) is 2.86. The second-order valence-electron chi connectivity index (χ2n) is 3.55. The highest BCUT2D eigenvalue weighted by molar-refractivity contribution is 6.05. The first-order chi connectivity index (χ1) is 9.22. The maximum atomic E-state index is 11.8. The van der Waals surface area contributed by atoms with Crippen LogP contribution >= 0.6 is 0 Å². The summed E-state index contributed by atoms with van der Waals surface area (Å²) in [5.74, 6) is -0.734. The van der Waals surface area contributed by atoms with Crippen molar-refractivity contribution in [1.29, 1.82) is 0 Å². The van der Waals surface area contributed by atoms with Crippen LogP contribution in [0.2, 0.25) is 0 Å². The van der Waals surface area contributed by atoms with Crippen molar-refractivity contribution in [2.75, 3.05) is 11.9 Å². The molecular formula is C13H12N2O4. The highest BCUT2D eigenvalue weighted by atomic mass is 16.5. The maximum Gasteiger partial charge on any atom is 0.341 e. The Morgan fingerprint density at radius 1 is 1.37 bits per heavy atom. The number of amides is 1. The smallest absolute Gasteiger partial charge is 0.341 e. The van der Waals surface area contributed by atoms with Crippen molar-refractivity contribution in [1.82, 2.24) is 4.98 Å². The molecule has 0 fully saturated rings. The molecule has 0 aliphatic rings. The Hall–Kier alpha value is -2.63. The quantitative estimate of drug-likeness (QED) is 0.851. The fourth-order valence-electron chi connectivity index (χ4n) is 1.46. The Bertz CT molecular complexity index is 578. The number of nitrogens with zero attached hydrogens (tertiary/aromatic N) is 1. The average Bonchev–Trinajstić information content (AvgIpc) is 2.93. The Balaban J connectivity index is 2.21. The molecule has 2 rings (SSSR count). The Kier molecular flexibility index (Phi) is 3.92. The molecule has 0 bridgehead atoms. The highest BCUT2D eigenvalue weighted by Crippen LogP contribution is 2.14. The number of rotatable bonds is 4. The molecule has 0 radical (unpaired) electrons. The van der Waals surface area contributed by atoms with Gasteiger partial charge in [-0.25, -0.2) is 9.78 Å². The van der Waals surface area contributed by atoms with Gasteiger partial charge < -0.3 is 14.5 Å². The van der Waals surface area contributed by atoms with E-state index in [0.717, 1.165) is 0 Å². The molecule has 0 saturated carbocycles. The Morgan fingerprint density at radius 3 is 2.89 bits per heavy atom. The van der Waals surface area contributed by atoms with Gasteiger partial charge in [-0.1, -0.05) is 0 Å². The Labute approximate surface area is 109 Å². The molecule has 0 saturated heterocycles. The minimum Gasteiger partial charge on any atom is -0.462 e. The number of furan rings is 1. The molecular weight excluding hydrogens is 248 g/mol. The lowest BCUT2D eigenvalue weighted by Crippen LogP contribution is -2.16. The lowest BCUT2D eigenvalue weighted by molar-refractivity contribution is 0.0527. The van der Waals surface area contributed by atoms with E-state index in [-0.39, 0.29) is 23.7 Å². The van der Waals surface area contributed by atoms with Crippen molar-refractivity contribution in [2.24, 2.45) is 0 Å². The van der Waals surface area contributed by atoms with Crippen LogP contribution in [-0.4, -0.2) is 23.5 Å². The predicted molar refractivity (Wildman–Crippen MR) is 66.9 cm³/mol. The van der Waals surface area contributed by atoms with Gasteiger partial charge in [-0.05, 0) is 31.2 Å². The van der Waals surface area contributed by atoms with Gasteiger partial charge in [0.15, 0.2) is 5.76 Å². The number of nitrogens with one attached hydrogen (secondary N) is 1. The zero-order valence-electron chi connectivity index (χ0n) is 10.3. The number of hydrogen-bond acceptors (Lipinski definition) is 5. The maximum absolute atomic E-state index is 11.8. The minimum atomic E-state index is -0.537. The monoisotopic (exact) mass is 260 g/mol. The molecule has 6 heteroatoms. The fraction of sp³-hybridized carbons (Fsp3) is 0.154. The fourth-order valence-corrected chi connectivity index (χ4v) is 1.46. The van der Waals surface area contributed by atoms with E-state index in [1.165, 1.54) is 24.6 Å². The molecule has 0 atom stereocenters. The van der Waals surface area contributed by atoms with Crippen molar-refractivity contribution in [3.8, 4) is 0 Å². The van der Waals surface area contributed by atoms with E-state index in [1.807, 2.05) is 0 Å². The number of ether oxygens (including phenoxy) is 1. The van der Waals surface area contributed by atoms with Gasteiger partial charge >= 0.3 is 5.97 Å². The molecule has 19 heavy (non-hydrogen) atoms. The number of carbonyl (C=O) groups is 2. The SMILES string of the molecule is CCOC(=O)c1cccnc1NC(=O)c1ccco1. The van der Waals surface area contributed by atoms with Crippen molar-refractivity contribution < 1.29 is 18.7 Å². The standard InChI is InChI=1S/C13H12N2O4/c1-2-18-13(17)9-5-3-7-14-11(9)15-12(16)10-6-4-8-19-10/h3-8H,2H2,1H3,(H,14,15,16). The summed E-state index contributed by atoms with van der Waals surface area (Å²) < 4.78 is 9.85. The van der Waals surface area contributed by atoms with Crippen LogP contribution < -0.4 is 5.32 Å². The topological polar surface area (TPSA) is 81.4 Å². The van der Waals surface area contributed by atoms with Crippen LogP contribution in [0.3, 0.4) is 0 Å². The highest BCUT2D eigenvalue weighted by Gasteiger charge is 2.17. The molecule has 1 N–H and O–H groups in total. The summed E-state index contributed by atoms with van der Waals surface area (Å²) in [5, 5.41) is 2.51. The lowest BCUT2D eigenvalue weighted by Gasteiger charge is -2.07. The summed E-state index contributed by atoms with van der Waals surface area (Å²) >= 11 is 0. The van der Waals surface area contributed by atoms with Crippen LogP contribution in [0.1, 0.15) is 27.8 Å². The zero-order chi connectivity index (χ0) is 13.7. The van der Waals surface area contributed by atoms with Gasteiger partial charge in [-0.15, -0.1) is 0 Å². The third kappa shape index (κ3) is 2.98. The third-order valence-corrected chi connectivity index (χ3v) is 2.28. The number of carbonyl (C=O) groups excluding carboxylic acids is 2. The van der Waals surface area contributed by atoms with Crippen LogP contribution in [-0.2, 0) is 4.74 Å². The lowest BCUT2D eigenvalue weighted by atomic mass is 10.2. The van der Waals surface area contributed by atoms with E-state index in [1.54, 1.807) is 19.1 Å². The van der Waals surface area contributed by atoms with Gasteiger partial charge in [-0.2, -0.15) is 0 Å². The molecule has 0 aromatic carbocycles. The van der Waals surface area contributed by atoms with E-state index in [2.05, 4.69) is 10.3 Å². The van der Waals surface area contributed by atoms with E-state index in [9.17, 15) is 9.59 Å². The van der Waals surface area contributed by atoms with E-state index in [0.29, 0.717) is 0 Å². The van der Waals surface area contributed by atoms with Crippen LogP contribution in [0, 0.1) is 0 Å². The molecule has 98 valence electrons. The van der Waals surface area contributed by atoms with Crippen LogP contribution in [0.4, 0.5) is 5.82 Å². The third-order valence-electron chi connectivity index (χ3n) is 2.28. The summed E-state index contributed by atoms with van der Waals surface area (Å²) in [4.78, 5) is 27.5. The first kappa shape index (κ1) is 12.8. The van der Waals surface area contributed by atoms with Crippen molar-refractivity contribution in [3.05, 3.63) is 48.0 Å². The van der Waals surface area contributed by atoms with Crippen LogP contribution in [0.5, 0.6) is 0 Å². The number of pyridine rings is 1. The molecule has 2 aromatic rings. The van der Waals surface area contributed by atoms with Crippen LogP contribution in [0.25, 0.3) is 0 Å². The molecule has 6 nitrogen and oxygen atoms in total. The second kappa shape index (κ2) is 5.81. The van der Waals surface area contributed by atoms with Crippen LogP contribution in [0.15, 0.2) is 41.1 Å². The van der Waals surface area contributed by atoms with Gasteiger partial charge in [0.2, 0.25) is 0 Å². The molecule has 0 unspecified atom stereocenters. The first-order valence-electron chi connectivity index (χ1n) is 5.69. The predicted octanol–water partition coefficient (Wildman–Crippen LogP) is 2.10.